The van der Waals surface area contributed by atoms with E-state index in [4.69, 9.17) is 4.74 Å². The Hall–Kier alpha value is -2.47. The first kappa shape index (κ1) is 19.3. The topological polar surface area (TPSA) is 55.4 Å². The van der Waals surface area contributed by atoms with Crippen LogP contribution in [0.4, 0.5) is 0 Å². The Morgan fingerprint density at radius 3 is 1.81 bits per heavy atom. The predicted octanol–water partition coefficient (Wildman–Crippen LogP) is 4.40. The highest BCUT2D eigenvalue weighted by Gasteiger charge is 2.29. The van der Waals surface area contributed by atoms with Crippen LogP contribution in [0.5, 0.6) is 0 Å². The highest BCUT2D eigenvalue weighted by Crippen LogP contribution is 2.33. The average molecular weight is 381 g/mol. The molecule has 0 radical (unpaired) electrons. The Labute approximate surface area is 160 Å². The lowest BCUT2D eigenvalue weighted by Gasteiger charge is -2.27. The lowest BCUT2D eigenvalue weighted by atomic mass is 9.96. The predicted molar refractivity (Wildman–Crippen MR) is 107 cm³/mol. The monoisotopic (exact) mass is 381 g/mol. The smallest absolute Gasteiger partial charge is 0.241 e. The van der Waals surface area contributed by atoms with Crippen molar-refractivity contribution in [3.05, 3.63) is 102 Å². The molecule has 0 aliphatic rings. The maximum atomic E-state index is 13.0. The minimum absolute atomic E-state index is 0.233. The van der Waals surface area contributed by atoms with Gasteiger partial charge >= 0.3 is 0 Å². The molecule has 0 aliphatic carbocycles. The molecule has 5 heteroatoms. The SMILES string of the molecule is CO[C@@H](c1ccccc1)[C@@H](NS(=O)(=O)c1ccc(C)cc1)c1ccccc1. The second-order valence-corrected chi connectivity index (χ2v) is 8.10. The highest BCUT2D eigenvalue weighted by molar-refractivity contribution is 7.89. The van der Waals surface area contributed by atoms with Crippen molar-refractivity contribution in [2.75, 3.05) is 7.11 Å². The van der Waals surface area contributed by atoms with E-state index in [2.05, 4.69) is 4.72 Å². The lowest BCUT2D eigenvalue weighted by Crippen LogP contribution is -2.33. The first-order chi connectivity index (χ1) is 13.0. The molecular weight excluding hydrogens is 358 g/mol. The van der Waals surface area contributed by atoms with E-state index in [-0.39, 0.29) is 4.90 Å². The summed E-state index contributed by atoms with van der Waals surface area (Å²) in [5.74, 6) is 0. The van der Waals surface area contributed by atoms with Gasteiger partial charge in [-0.3, -0.25) is 0 Å². The van der Waals surface area contributed by atoms with Crippen molar-refractivity contribution < 1.29 is 13.2 Å². The number of hydrogen-bond donors (Lipinski definition) is 1. The molecule has 0 aromatic heterocycles. The molecule has 3 rings (SSSR count). The van der Waals surface area contributed by atoms with Crippen molar-refractivity contribution in [3.8, 4) is 0 Å². The van der Waals surface area contributed by atoms with Crippen molar-refractivity contribution in [3.63, 3.8) is 0 Å². The Morgan fingerprint density at radius 2 is 1.30 bits per heavy atom. The van der Waals surface area contributed by atoms with E-state index < -0.39 is 22.2 Å². The molecule has 1 N–H and O–H groups in total. The third-order valence-corrected chi connectivity index (χ3v) is 5.91. The summed E-state index contributed by atoms with van der Waals surface area (Å²) in [5, 5.41) is 0. The number of hydrogen-bond acceptors (Lipinski definition) is 3. The minimum atomic E-state index is -3.72. The summed E-state index contributed by atoms with van der Waals surface area (Å²) in [5.41, 5.74) is 2.75. The van der Waals surface area contributed by atoms with Gasteiger partial charge in [0.1, 0.15) is 6.10 Å². The number of aryl methyl sites for hydroxylation is 1. The van der Waals surface area contributed by atoms with E-state index in [0.717, 1.165) is 16.7 Å². The van der Waals surface area contributed by atoms with Gasteiger partial charge < -0.3 is 4.74 Å². The molecule has 4 nitrogen and oxygen atoms in total. The number of nitrogens with one attached hydrogen (secondary N) is 1. The quantitative estimate of drug-likeness (QED) is 0.660. The Kier molecular flexibility index (Phi) is 6.06. The minimum Gasteiger partial charge on any atom is -0.375 e. The van der Waals surface area contributed by atoms with Gasteiger partial charge in [-0.05, 0) is 30.2 Å². The maximum Gasteiger partial charge on any atom is 0.241 e. The highest BCUT2D eigenvalue weighted by atomic mass is 32.2. The zero-order valence-electron chi connectivity index (χ0n) is 15.4. The van der Waals surface area contributed by atoms with Gasteiger partial charge in [0.15, 0.2) is 0 Å². The number of sulfonamides is 1. The largest absolute Gasteiger partial charge is 0.375 e. The summed E-state index contributed by atoms with van der Waals surface area (Å²) in [6.07, 6.45) is -0.464. The van der Waals surface area contributed by atoms with Crippen LogP contribution in [0, 0.1) is 6.92 Å². The van der Waals surface area contributed by atoms with Crippen LogP contribution >= 0.6 is 0 Å². The number of rotatable bonds is 7. The van der Waals surface area contributed by atoms with Gasteiger partial charge in [-0.1, -0.05) is 78.4 Å². The Morgan fingerprint density at radius 1 is 0.778 bits per heavy atom. The first-order valence-corrected chi connectivity index (χ1v) is 10.2. The van der Waals surface area contributed by atoms with Crippen molar-refractivity contribution in [2.24, 2.45) is 0 Å². The van der Waals surface area contributed by atoms with Crippen LogP contribution in [-0.4, -0.2) is 15.5 Å². The zero-order chi connectivity index (χ0) is 19.3. The van der Waals surface area contributed by atoms with E-state index in [1.54, 1.807) is 31.4 Å². The van der Waals surface area contributed by atoms with E-state index >= 15 is 0 Å². The summed E-state index contributed by atoms with van der Waals surface area (Å²) < 4.78 is 34.6. The molecule has 0 unspecified atom stereocenters. The van der Waals surface area contributed by atoms with Gasteiger partial charge in [0.25, 0.3) is 0 Å². The maximum absolute atomic E-state index is 13.0. The van der Waals surface area contributed by atoms with Crippen molar-refractivity contribution in [1.29, 1.82) is 0 Å². The Balaban J connectivity index is 2.01. The van der Waals surface area contributed by atoms with Gasteiger partial charge in [-0.25, -0.2) is 13.1 Å². The first-order valence-electron chi connectivity index (χ1n) is 8.73. The zero-order valence-corrected chi connectivity index (χ0v) is 16.2. The molecule has 0 fully saturated rings. The van der Waals surface area contributed by atoms with Crippen molar-refractivity contribution >= 4 is 10.0 Å². The second kappa shape index (κ2) is 8.48. The fourth-order valence-corrected chi connectivity index (χ4v) is 4.25. The lowest BCUT2D eigenvalue weighted by molar-refractivity contribution is 0.0749. The van der Waals surface area contributed by atoms with E-state index in [1.165, 1.54) is 0 Å². The van der Waals surface area contributed by atoms with E-state index in [1.807, 2.05) is 67.6 Å². The molecular formula is C22H23NO3S. The summed E-state index contributed by atoms with van der Waals surface area (Å²) in [6, 6.07) is 25.3. The normalized spacial score (nSPS) is 13.9. The summed E-state index contributed by atoms with van der Waals surface area (Å²) in [7, 11) is -2.13. The second-order valence-electron chi connectivity index (χ2n) is 6.39. The molecule has 2 atom stereocenters. The molecule has 0 saturated heterocycles. The summed E-state index contributed by atoms with van der Waals surface area (Å²) in [4.78, 5) is 0.233. The van der Waals surface area contributed by atoms with Gasteiger partial charge in [0.2, 0.25) is 10.0 Å². The van der Waals surface area contributed by atoms with Crippen molar-refractivity contribution in [1.82, 2.24) is 4.72 Å². The molecule has 0 saturated carbocycles. The van der Waals surface area contributed by atoms with Gasteiger partial charge in [0.05, 0.1) is 10.9 Å². The number of methoxy groups -OCH3 is 1. The van der Waals surface area contributed by atoms with Crippen LogP contribution in [-0.2, 0) is 14.8 Å². The molecule has 0 spiro atoms. The van der Waals surface area contributed by atoms with E-state index in [0.29, 0.717) is 0 Å². The van der Waals surface area contributed by atoms with Crippen LogP contribution in [0.15, 0.2) is 89.8 Å². The standard InChI is InChI=1S/C22H23NO3S/c1-17-13-15-20(16-14-17)27(24,25)23-21(18-9-5-3-6-10-18)22(26-2)19-11-7-4-8-12-19/h3-16,21-23H,1-2H3/t21-,22-/m0/s1. The number of ether oxygens (including phenoxy) is 1. The van der Waals surface area contributed by atoms with Gasteiger partial charge in [-0.15, -0.1) is 0 Å². The van der Waals surface area contributed by atoms with Crippen LogP contribution in [0.25, 0.3) is 0 Å². The van der Waals surface area contributed by atoms with Crippen LogP contribution in [0.2, 0.25) is 0 Å². The fraction of sp³-hybridized carbons (Fsp3) is 0.182. The molecule has 0 bridgehead atoms. The third kappa shape index (κ3) is 4.63. The van der Waals surface area contributed by atoms with Crippen LogP contribution in [0.1, 0.15) is 28.8 Å². The average Bonchev–Trinajstić information content (AvgIpc) is 2.69. The van der Waals surface area contributed by atoms with Crippen LogP contribution in [0.3, 0.4) is 0 Å². The van der Waals surface area contributed by atoms with Crippen LogP contribution < -0.4 is 4.72 Å². The van der Waals surface area contributed by atoms with E-state index in [9.17, 15) is 8.42 Å². The summed E-state index contributed by atoms with van der Waals surface area (Å²) in [6.45, 7) is 1.92. The third-order valence-electron chi connectivity index (χ3n) is 4.46. The van der Waals surface area contributed by atoms with Crippen molar-refractivity contribution in [2.45, 2.75) is 24.0 Å². The molecule has 0 heterocycles. The number of benzene rings is 3. The Bertz CT molecular complexity index is 955. The molecule has 27 heavy (non-hydrogen) atoms. The molecule has 0 aliphatic heterocycles. The van der Waals surface area contributed by atoms with Gasteiger partial charge in [0, 0.05) is 7.11 Å². The molecule has 3 aromatic carbocycles. The molecule has 0 amide bonds. The summed E-state index contributed by atoms with van der Waals surface area (Å²) >= 11 is 0. The molecule has 3 aromatic rings. The molecule has 140 valence electrons. The fourth-order valence-electron chi connectivity index (χ4n) is 3.02. The van der Waals surface area contributed by atoms with Gasteiger partial charge in [-0.2, -0.15) is 0 Å².